The van der Waals surface area contributed by atoms with Gasteiger partial charge in [0.15, 0.2) is 5.13 Å². The molecule has 8 heteroatoms. The van der Waals surface area contributed by atoms with Gasteiger partial charge in [-0.15, -0.1) is 11.3 Å². The Morgan fingerprint density at radius 2 is 2.00 bits per heavy atom. The molecule has 1 aromatic heterocycles. The summed E-state index contributed by atoms with van der Waals surface area (Å²) in [6, 6.07) is 6.54. The van der Waals surface area contributed by atoms with E-state index in [2.05, 4.69) is 15.0 Å². The van der Waals surface area contributed by atoms with Gasteiger partial charge >= 0.3 is 0 Å². The molecule has 1 amide bonds. The molecule has 0 unspecified atom stereocenters. The third-order valence-corrected chi connectivity index (χ3v) is 6.11. The highest BCUT2D eigenvalue weighted by Crippen LogP contribution is 2.40. The summed E-state index contributed by atoms with van der Waals surface area (Å²) < 4.78 is 25.6. The van der Waals surface area contributed by atoms with Crippen LogP contribution in [0.2, 0.25) is 0 Å². The maximum Gasteiger partial charge on any atom is 0.240 e. The number of hydrogen-bond donors (Lipinski definition) is 2. The lowest BCUT2D eigenvalue weighted by Gasteiger charge is -2.05. The van der Waals surface area contributed by atoms with Crippen molar-refractivity contribution in [2.75, 3.05) is 12.4 Å². The maximum atomic E-state index is 12.0. The zero-order chi connectivity index (χ0) is 17.2. The molecule has 6 nitrogen and oxygen atoms in total. The SMILES string of the molecule is CNS(=O)(=O)c1ccc(CCC(=O)Nc2nc(C3CC3)cs2)cc1. The highest BCUT2D eigenvalue weighted by atomic mass is 32.2. The van der Waals surface area contributed by atoms with Crippen molar-refractivity contribution in [3.8, 4) is 0 Å². The minimum atomic E-state index is -3.42. The summed E-state index contributed by atoms with van der Waals surface area (Å²) in [5, 5.41) is 5.48. The summed E-state index contributed by atoms with van der Waals surface area (Å²) in [7, 11) is -2.05. The number of amides is 1. The van der Waals surface area contributed by atoms with E-state index in [0.717, 1.165) is 11.3 Å². The lowest BCUT2D eigenvalue weighted by atomic mass is 10.1. The molecule has 0 bridgehead atoms. The highest BCUT2D eigenvalue weighted by Gasteiger charge is 2.26. The summed E-state index contributed by atoms with van der Waals surface area (Å²) in [6.45, 7) is 0. The van der Waals surface area contributed by atoms with Crippen molar-refractivity contribution in [3.05, 3.63) is 40.9 Å². The van der Waals surface area contributed by atoms with Gasteiger partial charge in [0.25, 0.3) is 0 Å². The molecule has 0 atom stereocenters. The fourth-order valence-corrected chi connectivity index (χ4v) is 3.84. The van der Waals surface area contributed by atoms with Crippen LogP contribution in [0.4, 0.5) is 5.13 Å². The molecular formula is C16H19N3O3S2. The molecule has 3 rings (SSSR count). The van der Waals surface area contributed by atoms with Gasteiger partial charge in [0.1, 0.15) is 0 Å². The van der Waals surface area contributed by atoms with Crippen LogP contribution in [0.1, 0.15) is 36.4 Å². The topological polar surface area (TPSA) is 88.2 Å². The van der Waals surface area contributed by atoms with Gasteiger partial charge in [-0.1, -0.05) is 12.1 Å². The van der Waals surface area contributed by atoms with E-state index in [1.807, 2.05) is 5.38 Å². The third-order valence-electron chi connectivity index (χ3n) is 3.91. The average molecular weight is 365 g/mol. The van der Waals surface area contributed by atoms with Crippen LogP contribution < -0.4 is 10.0 Å². The first kappa shape index (κ1) is 17.1. The lowest BCUT2D eigenvalue weighted by Crippen LogP contribution is -2.18. The summed E-state index contributed by atoms with van der Waals surface area (Å²) >= 11 is 1.46. The van der Waals surface area contributed by atoms with Crippen LogP contribution in [-0.2, 0) is 21.2 Å². The second-order valence-electron chi connectivity index (χ2n) is 5.75. The van der Waals surface area contributed by atoms with Gasteiger partial charge in [0, 0.05) is 17.7 Å². The van der Waals surface area contributed by atoms with Crippen molar-refractivity contribution < 1.29 is 13.2 Å². The van der Waals surface area contributed by atoms with Gasteiger partial charge in [-0.05, 0) is 44.0 Å². The predicted octanol–water partition coefficient (Wildman–Crippen LogP) is 2.50. The first-order valence-electron chi connectivity index (χ1n) is 7.76. The van der Waals surface area contributed by atoms with E-state index < -0.39 is 10.0 Å². The van der Waals surface area contributed by atoms with Crippen molar-refractivity contribution in [1.29, 1.82) is 0 Å². The Hall–Kier alpha value is -1.77. The standard InChI is InChI=1S/C16H19N3O3S2/c1-17-24(21,22)13-7-2-11(3-8-13)4-9-15(20)19-16-18-14(10-23-16)12-5-6-12/h2-3,7-8,10,12,17H,4-6,9H2,1H3,(H,18,19,20). The van der Waals surface area contributed by atoms with Gasteiger partial charge < -0.3 is 5.32 Å². The molecule has 1 aliphatic rings. The highest BCUT2D eigenvalue weighted by molar-refractivity contribution is 7.89. The van der Waals surface area contributed by atoms with Crippen LogP contribution >= 0.6 is 11.3 Å². The molecule has 1 saturated carbocycles. The Labute approximate surface area is 145 Å². The van der Waals surface area contributed by atoms with E-state index in [9.17, 15) is 13.2 Å². The quantitative estimate of drug-likeness (QED) is 0.789. The molecule has 0 saturated heterocycles. The van der Waals surface area contributed by atoms with Crippen molar-refractivity contribution in [2.45, 2.75) is 36.5 Å². The third kappa shape index (κ3) is 4.19. The van der Waals surface area contributed by atoms with Crippen LogP contribution in [0, 0.1) is 0 Å². The summed E-state index contributed by atoms with van der Waals surface area (Å²) in [5.74, 6) is 0.498. The molecule has 1 fully saturated rings. The van der Waals surface area contributed by atoms with Gasteiger partial charge in [-0.25, -0.2) is 18.1 Å². The maximum absolute atomic E-state index is 12.0. The Bertz CT molecular complexity index is 825. The smallest absolute Gasteiger partial charge is 0.240 e. The zero-order valence-corrected chi connectivity index (χ0v) is 14.9. The zero-order valence-electron chi connectivity index (χ0n) is 13.3. The molecule has 1 aromatic carbocycles. The Morgan fingerprint density at radius 1 is 1.29 bits per heavy atom. The summed E-state index contributed by atoms with van der Waals surface area (Å²) in [5.41, 5.74) is 2.00. The van der Waals surface area contributed by atoms with Gasteiger partial charge in [0.2, 0.25) is 15.9 Å². The van der Waals surface area contributed by atoms with Crippen LogP contribution in [0.5, 0.6) is 0 Å². The van der Waals surface area contributed by atoms with Crippen LogP contribution in [0.15, 0.2) is 34.5 Å². The van der Waals surface area contributed by atoms with E-state index in [0.29, 0.717) is 23.9 Å². The fraction of sp³-hybridized carbons (Fsp3) is 0.375. The molecule has 1 aliphatic carbocycles. The van der Waals surface area contributed by atoms with Crippen molar-refractivity contribution >= 4 is 32.4 Å². The van der Waals surface area contributed by atoms with E-state index in [1.165, 1.54) is 31.2 Å². The lowest BCUT2D eigenvalue weighted by molar-refractivity contribution is -0.116. The number of carbonyl (C=O) groups is 1. The van der Waals surface area contributed by atoms with Crippen molar-refractivity contribution in [3.63, 3.8) is 0 Å². The largest absolute Gasteiger partial charge is 0.302 e. The number of aromatic nitrogens is 1. The number of rotatable bonds is 7. The molecule has 2 aromatic rings. The van der Waals surface area contributed by atoms with E-state index in [4.69, 9.17) is 0 Å². The Kier molecular flexibility index (Phi) is 4.98. The molecule has 24 heavy (non-hydrogen) atoms. The van der Waals surface area contributed by atoms with Crippen molar-refractivity contribution in [2.24, 2.45) is 0 Å². The fourth-order valence-electron chi connectivity index (χ4n) is 2.30. The van der Waals surface area contributed by atoms with Crippen LogP contribution in [0.25, 0.3) is 0 Å². The number of nitrogens with zero attached hydrogens (tertiary/aromatic N) is 1. The molecule has 1 heterocycles. The molecule has 0 radical (unpaired) electrons. The van der Waals surface area contributed by atoms with Gasteiger partial charge in [-0.2, -0.15) is 0 Å². The first-order valence-corrected chi connectivity index (χ1v) is 10.1. The minimum absolute atomic E-state index is 0.0846. The number of hydrogen-bond acceptors (Lipinski definition) is 5. The number of carbonyl (C=O) groups excluding carboxylic acids is 1. The van der Waals surface area contributed by atoms with Gasteiger partial charge in [-0.3, -0.25) is 4.79 Å². The predicted molar refractivity (Wildman–Crippen MR) is 93.7 cm³/mol. The second kappa shape index (κ2) is 7.00. The van der Waals surface area contributed by atoms with E-state index >= 15 is 0 Å². The second-order valence-corrected chi connectivity index (χ2v) is 8.50. The number of aryl methyl sites for hydroxylation is 1. The summed E-state index contributed by atoms with van der Waals surface area (Å²) in [6.07, 6.45) is 3.26. The number of anilines is 1. The normalized spacial score (nSPS) is 14.5. The molecule has 0 aliphatic heterocycles. The van der Waals surface area contributed by atoms with Crippen LogP contribution in [-0.4, -0.2) is 26.4 Å². The number of thiazole rings is 1. The number of nitrogens with one attached hydrogen (secondary N) is 2. The monoisotopic (exact) mass is 365 g/mol. The average Bonchev–Trinajstić information content (AvgIpc) is 3.33. The first-order chi connectivity index (χ1) is 11.5. The number of sulfonamides is 1. The Morgan fingerprint density at radius 3 is 2.62 bits per heavy atom. The van der Waals surface area contributed by atoms with E-state index in [1.54, 1.807) is 24.3 Å². The van der Waals surface area contributed by atoms with Crippen molar-refractivity contribution in [1.82, 2.24) is 9.71 Å². The Balaban J connectivity index is 1.52. The number of benzene rings is 1. The van der Waals surface area contributed by atoms with Crippen LogP contribution in [0.3, 0.4) is 0 Å². The molecule has 128 valence electrons. The molecule has 0 spiro atoms. The van der Waals surface area contributed by atoms with E-state index in [-0.39, 0.29) is 10.8 Å². The molecular weight excluding hydrogens is 346 g/mol. The summed E-state index contributed by atoms with van der Waals surface area (Å²) in [4.78, 5) is 16.6. The minimum Gasteiger partial charge on any atom is -0.302 e. The van der Waals surface area contributed by atoms with Gasteiger partial charge in [0.05, 0.1) is 10.6 Å². The molecule has 2 N–H and O–H groups in total.